The summed E-state index contributed by atoms with van der Waals surface area (Å²) in [5, 5.41) is 19.2. The third-order valence-electron chi connectivity index (χ3n) is 3.70. The van der Waals surface area contributed by atoms with Crippen LogP contribution in [-0.4, -0.2) is 40.4 Å². The molecule has 15 heavy (non-hydrogen) atoms. The molecule has 0 spiro atoms. The van der Waals surface area contributed by atoms with E-state index in [1.54, 1.807) is 6.92 Å². The van der Waals surface area contributed by atoms with Gasteiger partial charge in [-0.3, -0.25) is 0 Å². The maximum Gasteiger partial charge on any atom is 0.280 e. The summed E-state index contributed by atoms with van der Waals surface area (Å²) in [4.78, 5) is 0. The molecule has 1 fully saturated rings. The van der Waals surface area contributed by atoms with Crippen LogP contribution in [0.15, 0.2) is 0 Å². The van der Waals surface area contributed by atoms with E-state index in [9.17, 15) is 19.0 Å². The van der Waals surface area contributed by atoms with Crippen molar-refractivity contribution in [3.05, 3.63) is 0 Å². The summed E-state index contributed by atoms with van der Waals surface area (Å²) in [5.41, 5.74) is 9.39. The van der Waals surface area contributed by atoms with Gasteiger partial charge in [-0.25, -0.2) is 8.78 Å². The molecule has 5 atom stereocenters. The fourth-order valence-electron chi connectivity index (χ4n) is 2.07. The largest absolute Gasteiger partial charge is 0.390 e. The molecule has 0 saturated heterocycles. The molecular formula is C9H18F2N2O2. The van der Waals surface area contributed by atoms with Gasteiger partial charge in [0.25, 0.3) is 5.92 Å². The fourth-order valence-corrected chi connectivity index (χ4v) is 2.07. The van der Waals surface area contributed by atoms with Crippen molar-refractivity contribution in [1.29, 1.82) is 0 Å². The molecule has 0 aromatic rings. The third-order valence-corrected chi connectivity index (χ3v) is 3.70. The van der Waals surface area contributed by atoms with Gasteiger partial charge in [-0.1, -0.05) is 13.8 Å². The maximum absolute atomic E-state index is 13.6. The number of alkyl halides is 2. The van der Waals surface area contributed by atoms with E-state index in [1.165, 1.54) is 6.92 Å². The van der Waals surface area contributed by atoms with Gasteiger partial charge >= 0.3 is 0 Å². The normalized spacial score (nSPS) is 50.4. The average Bonchev–Trinajstić information content (AvgIpc) is 2.22. The van der Waals surface area contributed by atoms with Crippen LogP contribution in [0.5, 0.6) is 0 Å². The fraction of sp³-hybridized carbons (Fsp3) is 1.00. The highest BCUT2D eigenvalue weighted by molar-refractivity contribution is 5.11. The van der Waals surface area contributed by atoms with Crippen molar-refractivity contribution in [1.82, 2.24) is 0 Å². The van der Waals surface area contributed by atoms with Crippen molar-refractivity contribution in [3.63, 3.8) is 0 Å². The highest BCUT2D eigenvalue weighted by Crippen LogP contribution is 2.45. The molecule has 1 unspecified atom stereocenters. The van der Waals surface area contributed by atoms with Crippen LogP contribution in [0.2, 0.25) is 0 Å². The van der Waals surface area contributed by atoms with Crippen molar-refractivity contribution in [2.75, 3.05) is 0 Å². The Balaban J connectivity index is 3.13. The molecule has 0 aromatic heterocycles. The van der Waals surface area contributed by atoms with Crippen LogP contribution in [0.4, 0.5) is 8.78 Å². The first-order valence-electron chi connectivity index (χ1n) is 4.94. The average molecular weight is 224 g/mol. The maximum atomic E-state index is 13.6. The monoisotopic (exact) mass is 224 g/mol. The van der Waals surface area contributed by atoms with Crippen LogP contribution >= 0.6 is 0 Å². The van der Waals surface area contributed by atoms with Crippen LogP contribution < -0.4 is 11.5 Å². The number of hydrogen-bond donors (Lipinski definition) is 4. The molecule has 6 N–H and O–H groups in total. The van der Waals surface area contributed by atoms with Gasteiger partial charge < -0.3 is 21.7 Å². The Labute approximate surface area is 87.3 Å². The van der Waals surface area contributed by atoms with Crippen molar-refractivity contribution in [2.24, 2.45) is 16.9 Å². The standard InChI is InChI=1S/C9H18F2N2O2/c1-3-8(2)6(15)4(14)5(12)9(10,11)7(8)13/h4-7,14-15H,3,12-13H2,1-2H3/t4-,5-,6+,7+,8?/m0/s1. The van der Waals surface area contributed by atoms with E-state index >= 15 is 0 Å². The van der Waals surface area contributed by atoms with Crippen molar-refractivity contribution >= 4 is 0 Å². The van der Waals surface area contributed by atoms with E-state index in [0.717, 1.165) is 0 Å². The van der Waals surface area contributed by atoms with Crippen LogP contribution in [-0.2, 0) is 0 Å². The molecule has 0 amide bonds. The smallest absolute Gasteiger partial charge is 0.280 e. The molecule has 6 heteroatoms. The number of halogens is 2. The van der Waals surface area contributed by atoms with Crippen LogP contribution in [0.25, 0.3) is 0 Å². The number of aliphatic hydroxyl groups excluding tert-OH is 2. The second-order valence-electron chi connectivity index (χ2n) is 4.47. The molecule has 0 radical (unpaired) electrons. The number of rotatable bonds is 1. The van der Waals surface area contributed by atoms with E-state index in [4.69, 9.17) is 11.5 Å². The van der Waals surface area contributed by atoms with Crippen LogP contribution in [0.1, 0.15) is 20.3 Å². The molecule has 0 aliphatic heterocycles. The summed E-state index contributed by atoms with van der Waals surface area (Å²) in [7, 11) is 0. The predicted molar refractivity (Wildman–Crippen MR) is 51.3 cm³/mol. The quantitative estimate of drug-likeness (QED) is 0.480. The van der Waals surface area contributed by atoms with Crippen molar-refractivity contribution in [2.45, 2.75) is 50.5 Å². The number of hydrogen-bond acceptors (Lipinski definition) is 4. The van der Waals surface area contributed by atoms with Crippen LogP contribution in [0, 0.1) is 5.41 Å². The molecule has 0 bridgehead atoms. The first-order chi connectivity index (χ1) is 6.69. The summed E-state index contributed by atoms with van der Waals surface area (Å²) >= 11 is 0. The summed E-state index contributed by atoms with van der Waals surface area (Å²) in [5.74, 6) is -3.37. The van der Waals surface area contributed by atoms with E-state index in [1.807, 2.05) is 0 Å². The van der Waals surface area contributed by atoms with Crippen LogP contribution in [0.3, 0.4) is 0 Å². The zero-order chi connectivity index (χ0) is 12.0. The molecule has 0 aromatic carbocycles. The lowest BCUT2D eigenvalue weighted by Crippen LogP contribution is -2.74. The Morgan fingerprint density at radius 2 is 1.73 bits per heavy atom. The van der Waals surface area contributed by atoms with Crippen molar-refractivity contribution in [3.8, 4) is 0 Å². The highest BCUT2D eigenvalue weighted by atomic mass is 19.3. The lowest BCUT2D eigenvalue weighted by molar-refractivity contribution is -0.206. The van der Waals surface area contributed by atoms with Gasteiger partial charge in [0.2, 0.25) is 0 Å². The zero-order valence-corrected chi connectivity index (χ0v) is 8.82. The Morgan fingerprint density at radius 3 is 2.13 bits per heavy atom. The lowest BCUT2D eigenvalue weighted by atomic mass is 9.64. The molecule has 1 saturated carbocycles. The third kappa shape index (κ3) is 1.56. The van der Waals surface area contributed by atoms with Gasteiger partial charge in [0.1, 0.15) is 6.10 Å². The SMILES string of the molecule is CCC1(C)[C@H](O)[C@@H](O)[C@H](N)C(F)(F)[C@@H]1N. The number of aliphatic hydroxyl groups is 2. The van der Waals surface area contributed by atoms with Gasteiger partial charge in [0.05, 0.1) is 18.2 Å². The lowest BCUT2D eigenvalue weighted by Gasteiger charge is -2.51. The molecule has 4 nitrogen and oxygen atoms in total. The Bertz CT molecular complexity index is 252. The zero-order valence-electron chi connectivity index (χ0n) is 8.82. The van der Waals surface area contributed by atoms with Crippen molar-refractivity contribution < 1.29 is 19.0 Å². The minimum atomic E-state index is -3.37. The molecule has 1 aliphatic carbocycles. The summed E-state index contributed by atoms with van der Waals surface area (Å²) in [6.07, 6.45) is -2.73. The van der Waals surface area contributed by atoms with Gasteiger partial charge in [0.15, 0.2) is 0 Å². The molecule has 1 rings (SSSR count). The van der Waals surface area contributed by atoms with Gasteiger partial charge in [0, 0.05) is 5.41 Å². The van der Waals surface area contributed by atoms with E-state index in [0.29, 0.717) is 0 Å². The topological polar surface area (TPSA) is 92.5 Å². The molecule has 1 aliphatic rings. The first-order valence-corrected chi connectivity index (χ1v) is 4.94. The van der Waals surface area contributed by atoms with Gasteiger partial charge in [-0.15, -0.1) is 0 Å². The summed E-state index contributed by atoms with van der Waals surface area (Å²) in [6.45, 7) is 3.08. The highest BCUT2D eigenvalue weighted by Gasteiger charge is 2.62. The summed E-state index contributed by atoms with van der Waals surface area (Å²) < 4.78 is 27.2. The Morgan fingerprint density at radius 1 is 1.27 bits per heavy atom. The van der Waals surface area contributed by atoms with E-state index in [-0.39, 0.29) is 6.42 Å². The Hall–Kier alpha value is -0.300. The summed E-state index contributed by atoms with van der Waals surface area (Å²) in [6, 6.07) is -3.37. The van der Waals surface area contributed by atoms with E-state index < -0.39 is 35.6 Å². The first kappa shape index (κ1) is 12.8. The van der Waals surface area contributed by atoms with Gasteiger partial charge in [-0.2, -0.15) is 0 Å². The Kier molecular flexibility index (Phi) is 3.08. The van der Waals surface area contributed by atoms with Gasteiger partial charge in [-0.05, 0) is 6.42 Å². The second kappa shape index (κ2) is 3.62. The molecule has 0 heterocycles. The minimum absolute atomic E-state index is 0.245. The molecule has 90 valence electrons. The predicted octanol–water partition coefficient (Wildman–Crippen LogP) is -0.572. The molecular weight excluding hydrogens is 206 g/mol. The number of nitrogens with two attached hydrogens (primary N) is 2. The second-order valence-corrected chi connectivity index (χ2v) is 4.47. The van der Waals surface area contributed by atoms with E-state index in [2.05, 4.69) is 0 Å². The minimum Gasteiger partial charge on any atom is -0.390 e.